The van der Waals surface area contributed by atoms with E-state index in [1.165, 1.54) is 15.5 Å². The number of likely N-dealkylation sites (tertiary alicyclic amines) is 1. The first kappa shape index (κ1) is 28.3. The molecule has 0 saturated carbocycles. The molecule has 0 radical (unpaired) electrons. The Morgan fingerprint density at radius 3 is 2.38 bits per heavy atom. The Hall–Kier alpha value is -3.72. The third kappa shape index (κ3) is 5.98. The summed E-state index contributed by atoms with van der Waals surface area (Å²) in [5.41, 5.74) is 2.11. The average molecular weight is 561 g/mol. The smallest absolute Gasteiger partial charge is 0.277 e. The van der Waals surface area contributed by atoms with Gasteiger partial charge in [0.15, 0.2) is 6.29 Å². The number of sulfonamides is 1. The van der Waals surface area contributed by atoms with E-state index in [-0.39, 0.29) is 43.5 Å². The lowest BCUT2D eigenvalue weighted by Gasteiger charge is -2.39. The summed E-state index contributed by atoms with van der Waals surface area (Å²) in [6.07, 6.45) is -1.63. The van der Waals surface area contributed by atoms with Crippen LogP contribution in [0.4, 0.5) is 5.69 Å². The molecule has 0 spiro atoms. The molecule has 0 bridgehead atoms. The predicted octanol–water partition coefficient (Wildman–Crippen LogP) is -0.217. The second-order valence-electron chi connectivity index (χ2n) is 9.71. The van der Waals surface area contributed by atoms with Gasteiger partial charge in [0.2, 0.25) is 15.9 Å². The molecule has 2 saturated heterocycles. The molecule has 2 atom stereocenters. The van der Waals surface area contributed by atoms with Gasteiger partial charge < -0.3 is 14.9 Å². The topological polar surface area (TPSA) is 165 Å². The highest BCUT2D eigenvalue weighted by Crippen LogP contribution is 2.36. The molecule has 2 aromatic rings. The van der Waals surface area contributed by atoms with Gasteiger partial charge in [0.05, 0.1) is 24.4 Å². The molecule has 1 aromatic heterocycles. The number of aryl methyl sites for hydroxylation is 1. The third-order valence-corrected chi connectivity index (χ3v) is 8.16. The maximum atomic E-state index is 13.8. The minimum Gasteiger partial charge on any atom is -0.389 e. The molecule has 2 fully saturated rings. The molecule has 4 rings (SSSR count). The number of aliphatic hydroxyl groups excluding tert-OH is 1. The fraction of sp³-hybridized carbons (Fsp3) is 0.400. The van der Waals surface area contributed by atoms with Crippen LogP contribution in [-0.2, 0) is 25.4 Å². The van der Waals surface area contributed by atoms with Crippen LogP contribution in [-0.4, -0.2) is 88.1 Å². The maximum absolute atomic E-state index is 13.8. The molecule has 0 aliphatic carbocycles. The minimum atomic E-state index is -3.96. The van der Waals surface area contributed by atoms with E-state index in [1.54, 1.807) is 65.5 Å². The van der Waals surface area contributed by atoms with E-state index >= 15 is 0 Å². The Morgan fingerprint density at radius 2 is 1.77 bits per heavy atom. The van der Waals surface area contributed by atoms with Crippen molar-refractivity contribution in [2.24, 2.45) is 0 Å². The van der Waals surface area contributed by atoms with Gasteiger partial charge in [0.1, 0.15) is 12.2 Å². The summed E-state index contributed by atoms with van der Waals surface area (Å²) in [4.78, 5) is 43.5. The Labute approximate surface area is 225 Å². The molecule has 1 aromatic carbocycles. The highest BCUT2D eigenvalue weighted by Gasteiger charge is 2.44. The van der Waals surface area contributed by atoms with Crippen molar-refractivity contribution in [3.05, 3.63) is 76.4 Å². The van der Waals surface area contributed by atoms with Gasteiger partial charge >= 0.3 is 0 Å². The number of β-amino-alcohol motifs (C(OH)–C–C–N with tert-alkyl or cyclic N) is 1. The van der Waals surface area contributed by atoms with Crippen molar-refractivity contribution in [1.82, 2.24) is 24.7 Å². The summed E-state index contributed by atoms with van der Waals surface area (Å²) in [6, 6.07) is 10.9. The van der Waals surface area contributed by atoms with Crippen molar-refractivity contribution in [2.75, 3.05) is 30.9 Å². The van der Waals surface area contributed by atoms with E-state index < -0.39 is 39.9 Å². The first-order valence-corrected chi connectivity index (χ1v) is 13.9. The Morgan fingerprint density at radius 1 is 1.10 bits per heavy atom. The molecule has 2 aliphatic heterocycles. The summed E-state index contributed by atoms with van der Waals surface area (Å²) in [5.74, 6) is -1.40. The number of carbonyl (C=O) groups is 2. The number of benzene rings is 1. The molecule has 3 heterocycles. The number of hydrogen-bond acceptors (Lipinski definition) is 9. The normalized spacial score (nSPS) is 20.2. The first-order chi connectivity index (χ1) is 18.4. The van der Waals surface area contributed by atoms with Gasteiger partial charge in [-0.3, -0.25) is 28.9 Å². The van der Waals surface area contributed by atoms with Crippen LogP contribution in [0.1, 0.15) is 24.5 Å². The lowest BCUT2D eigenvalue weighted by Crippen LogP contribution is -2.56. The van der Waals surface area contributed by atoms with Gasteiger partial charge in [-0.05, 0) is 31.5 Å². The van der Waals surface area contributed by atoms with Crippen LogP contribution in [0.15, 0.2) is 59.5 Å². The number of hydroxylamine groups is 1. The summed E-state index contributed by atoms with van der Waals surface area (Å²) < 4.78 is 29.5. The second kappa shape index (κ2) is 11.2. The maximum Gasteiger partial charge on any atom is 0.277 e. The third-order valence-electron chi connectivity index (χ3n) is 6.91. The summed E-state index contributed by atoms with van der Waals surface area (Å²) >= 11 is 0. The zero-order valence-corrected chi connectivity index (χ0v) is 22.5. The Kier molecular flexibility index (Phi) is 8.11. The zero-order chi connectivity index (χ0) is 28.5. The summed E-state index contributed by atoms with van der Waals surface area (Å²) in [6.45, 7) is 7.30. The molecule has 14 heteroatoms. The number of hydrogen-bond donors (Lipinski definition) is 4. The van der Waals surface area contributed by atoms with Crippen molar-refractivity contribution in [3.8, 4) is 0 Å². The predicted molar refractivity (Wildman–Crippen MR) is 142 cm³/mol. The van der Waals surface area contributed by atoms with E-state index in [1.807, 2.05) is 0 Å². The van der Waals surface area contributed by atoms with Gasteiger partial charge in [-0.1, -0.05) is 36.9 Å². The zero-order valence-electron chi connectivity index (χ0n) is 21.6. The van der Waals surface area contributed by atoms with Crippen LogP contribution in [0.5, 0.6) is 0 Å². The number of nitrogens with zero attached hydrogens (tertiary/aromatic N) is 4. The standard InChI is InChI=1S/C25H32N6O7S/c1-16-9-10-21(27-39(37,38)15-19-7-5-4-6-8-19)24(35)31(16)25-29(13-22(33)26-36)17(2)18(3)30(25)14-23(34)28-11-20(32)12-28/h4-10,17,20,25,27,32,36H,3,11-15H2,1-2H3,(H,26,33). The van der Waals surface area contributed by atoms with E-state index in [2.05, 4.69) is 11.3 Å². The largest absolute Gasteiger partial charge is 0.389 e. The summed E-state index contributed by atoms with van der Waals surface area (Å²) in [5, 5.41) is 18.8. The Balaban J connectivity index is 1.72. The van der Waals surface area contributed by atoms with Gasteiger partial charge in [-0.2, -0.15) is 0 Å². The molecular weight excluding hydrogens is 528 g/mol. The van der Waals surface area contributed by atoms with Gasteiger partial charge in [0, 0.05) is 24.5 Å². The summed E-state index contributed by atoms with van der Waals surface area (Å²) in [7, 11) is -3.96. The molecule has 2 amide bonds. The molecule has 13 nitrogen and oxygen atoms in total. The Bertz CT molecular complexity index is 1420. The number of aliphatic hydroxyl groups is 1. The van der Waals surface area contributed by atoms with Crippen molar-refractivity contribution < 1.29 is 28.3 Å². The van der Waals surface area contributed by atoms with E-state index in [9.17, 15) is 27.9 Å². The average Bonchev–Trinajstić information content (AvgIpc) is 3.08. The molecule has 2 aliphatic rings. The van der Waals surface area contributed by atoms with Crippen LogP contribution < -0.4 is 15.8 Å². The number of amides is 2. The van der Waals surface area contributed by atoms with Crippen molar-refractivity contribution >= 4 is 27.5 Å². The minimum absolute atomic E-state index is 0.188. The molecular formula is C25H32N6O7S. The van der Waals surface area contributed by atoms with Gasteiger partial charge in [-0.25, -0.2) is 18.8 Å². The van der Waals surface area contributed by atoms with E-state index in [0.29, 0.717) is 17.0 Å². The van der Waals surface area contributed by atoms with Crippen LogP contribution in [0, 0.1) is 6.92 Å². The van der Waals surface area contributed by atoms with Crippen LogP contribution in [0.25, 0.3) is 0 Å². The van der Waals surface area contributed by atoms with Gasteiger partial charge in [0.25, 0.3) is 11.5 Å². The number of carbonyl (C=O) groups excluding carboxylic acids is 2. The van der Waals surface area contributed by atoms with E-state index in [0.717, 1.165) is 0 Å². The SMILES string of the molecule is C=C1C(C)N(CC(=O)NO)C(n2c(C)ccc(NS(=O)(=O)Cc3ccccc3)c2=O)N1CC(=O)N1CC(O)C1. The first-order valence-electron chi connectivity index (χ1n) is 12.3. The molecule has 4 N–H and O–H groups in total. The molecule has 210 valence electrons. The quantitative estimate of drug-likeness (QED) is 0.240. The highest BCUT2D eigenvalue weighted by molar-refractivity contribution is 7.91. The number of pyridine rings is 1. The number of anilines is 1. The van der Waals surface area contributed by atoms with Crippen LogP contribution in [0.2, 0.25) is 0 Å². The fourth-order valence-electron chi connectivity index (χ4n) is 4.76. The van der Waals surface area contributed by atoms with E-state index in [4.69, 9.17) is 5.21 Å². The lowest BCUT2D eigenvalue weighted by atomic mass is 10.1. The van der Waals surface area contributed by atoms with Crippen LogP contribution >= 0.6 is 0 Å². The molecule has 39 heavy (non-hydrogen) atoms. The number of rotatable bonds is 9. The van der Waals surface area contributed by atoms with Crippen molar-refractivity contribution in [1.29, 1.82) is 0 Å². The molecule has 2 unspecified atom stereocenters. The van der Waals surface area contributed by atoms with Crippen molar-refractivity contribution in [2.45, 2.75) is 38.0 Å². The number of nitrogens with one attached hydrogen (secondary N) is 2. The number of aromatic nitrogens is 1. The monoisotopic (exact) mass is 560 g/mol. The lowest BCUT2D eigenvalue weighted by molar-refractivity contribution is -0.143. The van der Waals surface area contributed by atoms with Gasteiger partial charge in [-0.15, -0.1) is 0 Å². The fourth-order valence-corrected chi connectivity index (χ4v) is 5.96. The van der Waals surface area contributed by atoms with Crippen molar-refractivity contribution in [3.63, 3.8) is 0 Å². The second-order valence-corrected chi connectivity index (χ2v) is 11.4. The van der Waals surface area contributed by atoms with Crippen LogP contribution in [0.3, 0.4) is 0 Å². The highest BCUT2D eigenvalue weighted by atomic mass is 32.2.